The van der Waals surface area contributed by atoms with E-state index in [9.17, 15) is 9.90 Å². The first-order valence-electron chi connectivity index (χ1n) is 18.8. The van der Waals surface area contributed by atoms with Crippen molar-refractivity contribution in [3.05, 3.63) is 69.0 Å². The summed E-state index contributed by atoms with van der Waals surface area (Å²) >= 11 is 7.80. The van der Waals surface area contributed by atoms with Gasteiger partial charge in [-0.15, -0.1) is 11.3 Å². The molecule has 12 heteroatoms. The Bertz CT molecular complexity index is 1560. The SMILES string of the molecule is CC(C)[Si](OC(c1csc(C(=O)c2cncnc2N[C@@H]2C[C@H](CO)[C@@H](O[Si](C(C)C)(C(C)C)C(C)C)C2)c1)c1cccc(Cl)n1)(C(C)C)C(C)C. The molecule has 3 aromatic heterocycles. The summed E-state index contributed by atoms with van der Waals surface area (Å²) in [6.07, 6.45) is 4.03. The van der Waals surface area contributed by atoms with Gasteiger partial charge in [-0.05, 0) is 75.2 Å². The van der Waals surface area contributed by atoms with Gasteiger partial charge in [-0.25, -0.2) is 15.0 Å². The van der Waals surface area contributed by atoms with Gasteiger partial charge in [0.1, 0.15) is 23.4 Å². The second-order valence-electron chi connectivity index (χ2n) is 16.3. The predicted octanol–water partition coefficient (Wildman–Crippen LogP) is 10.8. The zero-order chi connectivity index (χ0) is 37.8. The summed E-state index contributed by atoms with van der Waals surface area (Å²) in [7, 11) is -4.50. The molecule has 282 valence electrons. The van der Waals surface area contributed by atoms with Crippen molar-refractivity contribution in [2.75, 3.05) is 11.9 Å². The van der Waals surface area contributed by atoms with Crippen LogP contribution in [0, 0.1) is 5.92 Å². The molecule has 3 heterocycles. The fraction of sp³-hybridized carbons (Fsp3) is 0.641. The fourth-order valence-electron chi connectivity index (χ4n) is 9.24. The van der Waals surface area contributed by atoms with Crippen molar-refractivity contribution in [1.29, 1.82) is 0 Å². The summed E-state index contributed by atoms with van der Waals surface area (Å²) in [5.41, 5.74) is 4.47. The molecule has 8 nitrogen and oxygen atoms in total. The summed E-state index contributed by atoms with van der Waals surface area (Å²) in [6.45, 7) is 27.4. The third kappa shape index (κ3) is 8.71. The van der Waals surface area contributed by atoms with Gasteiger partial charge in [0.15, 0.2) is 0 Å². The minimum absolute atomic E-state index is 0.00134. The normalized spacial score (nSPS) is 19.3. The van der Waals surface area contributed by atoms with E-state index in [0.29, 0.717) is 54.7 Å². The molecule has 0 amide bonds. The van der Waals surface area contributed by atoms with Gasteiger partial charge >= 0.3 is 0 Å². The molecule has 1 fully saturated rings. The van der Waals surface area contributed by atoms with Crippen LogP contribution in [-0.4, -0.2) is 61.2 Å². The zero-order valence-electron chi connectivity index (χ0n) is 32.7. The number of ketones is 1. The van der Waals surface area contributed by atoms with Crippen molar-refractivity contribution in [3.8, 4) is 0 Å². The Morgan fingerprint density at radius 1 is 0.941 bits per heavy atom. The molecule has 1 unspecified atom stereocenters. The van der Waals surface area contributed by atoms with Crippen LogP contribution >= 0.6 is 22.9 Å². The molecule has 0 aromatic carbocycles. The molecular formula is C39H61ClN4O4SSi2. The minimum atomic E-state index is -2.35. The third-order valence-corrected chi connectivity index (χ3v) is 24.7. The van der Waals surface area contributed by atoms with Crippen LogP contribution in [0.25, 0.3) is 0 Å². The second-order valence-corrected chi connectivity index (χ2v) is 28.4. The van der Waals surface area contributed by atoms with E-state index >= 15 is 0 Å². The van der Waals surface area contributed by atoms with Crippen molar-refractivity contribution in [2.24, 2.45) is 5.92 Å². The van der Waals surface area contributed by atoms with E-state index in [-0.39, 0.29) is 30.5 Å². The van der Waals surface area contributed by atoms with Crippen molar-refractivity contribution in [2.45, 2.75) is 147 Å². The highest BCUT2D eigenvalue weighted by Gasteiger charge is 2.50. The number of rotatable bonds is 17. The number of thiophene rings is 1. The first kappa shape index (κ1) is 41.8. The Labute approximate surface area is 317 Å². The van der Waals surface area contributed by atoms with E-state index in [2.05, 4.69) is 98.4 Å². The molecule has 1 saturated carbocycles. The monoisotopic (exact) mass is 772 g/mol. The first-order chi connectivity index (χ1) is 24.0. The Kier molecular flexibility index (Phi) is 14.3. The highest BCUT2D eigenvalue weighted by molar-refractivity contribution is 7.12. The number of anilines is 1. The lowest BCUT2D eigenvalue weighted by Gasteiger charge is -2.45. The van der Waals surface area contributed by atoms with E-state index < -0.39 is 22.7 Å². The van der Waals surface area contributed by atoms with Gasteiger partial charge in [0.05, 0.1) is 22.2 Å². The number of nitrogens with one attached hydrogen (secondary N) is 1. The lowest BCUT2D eigenvalue weighted by Crippen LogP contribution is -2.51. The van der Waals surface area contributed by atoms with Gasteiger partial charge in [0.2, 0.25) is 22.4 Å². The maximum absolute atomic E-state index is 14.2. The highest BCUT2D eigenvalue weighted by Crippen LogP contribution is 2.48. The molecule has 0 spiro atoms. The number of aliphatic hydroxyl groups is 1. The summed E-state index contributed by atoms with van der Waals surface area (Å²) in [5, 5.41) is 16.4. The van der Waals surface area contributed by atoms with Gasteiger partial charge < -0.3 is 19.3 Å². The lowest BCUT2D eigenvalue weighted by molar-refractivity contribution is 0.0941. The van der Waals surface area contributed by atoms with Crippen LogP contribution in [0.15, 0.2) is 42.2 Å². The highest BCUT2D eigenvalue weighted by atomic mass is 35.5. The van der Waals surface area contributed by atoms with Crippen LogP contribution in [0.2, 0.25) is 38.4 Å². The number of carbonyl (C=O) groups is 1. The molecule has 1 aliphatic carbocycles. The molecule has 2 N–H and O–H groups in total. The van der Waals surface area contributed by atoms with Gasteiger partial charge in [-0.2, -0.15) is 0 Å². The third-order valence-electron chi connectivity index (χ3n) is 11.4. The first-order valence-corrected chi connectivity index (χ1v) is 24.3. The predicted molar refractivity (Wildman–Crippen MR) is 216 cm³/mol. The maximum atomic E-state index is 14.2. The molecule has 3 aromatic rings. The number of aromatic nitrogens is 3. The van der Waals surface area contributed by atoms with Crippen LogP contribution < -0.4 is 5.32 Å². The number of pyridine rings is 1. The Morgan fingerprint density at radius 2 is 1.55 bits per heavy atom. The Hall–Kier alpha value is -2.00. The molecule has 51 heavy (non-hydrogen) atoms. The van der Waals surface area contributed by atoms with Gasteiger partial charge in [0.25, 0.3) is 0 Å². The van der Waals surface area contributed by atoms with Crippen molar-refractivity contribution < 1.29 is 18.8 Å². The molecule has 0 saturated heterocycles. The molecular weight excluding hydrogens is 712 g/mol. The molecule has 4 rings (SSSR count). The number of halogens is 1. The van der Waals surface area contributed by atoms with Crippen LogP contribution in [0.4, 0.5) is 5.82 Å². The number of carbonyl (C=O) groups excluding carboxylic acids is 1. The zero-order valence-corrected chi connectivity index (χ0v) is 36.3. The van der Waals surface area contributed by atoms with E-state index in [1.807, 2.05) is 23.6 Å². The summed E-state index contributed by atoms with van der Waals surface area (Å²) in [5.74, 6) is 0.367. The summed E-state index contributed by atoms with van der Waals surface area (Å²) < 4.78 is 14.5. The number of aliphatic hydroxyl groups excluding tert-OH is 1. The van der Waals surface area contributed by atoms with E-state index in [1.54, 1.807) is 12.3 Å². The average molecular weight is 774 g/mol. The number of hydrogen-bond acceptors (Lipinski definition) is 9. The average Bonchev–Trinajstić information content (AvgIpc) is 3.70. The quantitative estimate of drug-likeness (QED) is 0.0793. The van der Waals surface area contributed by atoms with E-state index in [0.717, 1.165) is 24.1 Å². The summed E-state index contributed by atoms with van der Waals surface area (Å²) in [4.78, 5) is 28.3. The Morgan fingerprint density at radius 3 is 2.10 bits per heavy atom. The molecule has 0 radical (unpaired) electrons. The lowest BCUT2D eigenvalue weighted by atomic mass is 10.1. The summed E-state index contributed by atoms with van der Waals surface area (Å²) in [6, 6.07) is 7.56. The standard InChI is InChI=1S/C39H61ClN4O4SSi2/c1-23(2)50(24(3)4,25(5)6)47-34-18-31(16-29(34)20-45)43-39-32(19-41-22-42-39)37(46)35-17-30(21-49-35)38(33-14-13-15-36(40)44-33)48-51(26(7)8,27(9)10)28(11)12/h13-15,17,19,21-29,31,34,38,45H,16,18,20H2,1-12H3,(H,41,42,43)/t29-,31-,34+,38?/m1/s1. The van der Waals surface area contributed by atoms with Gasteiger partial charge in [0, 0.05) is 24.8 Å². The van der Waals surface area contributed by atoms with E-state index in [4.69, 9.17) is 25.4 Å². The van der Waals surface area contributed by atoms with Gasteiger partial charge in [-0.1, -0.05) is 101 Å². The minimum Gasteiger partial charge on any atom is -0.413 e. The topological polar surface area (TPSA) is 106 Å². The van der Waals surface area contributed by atoms with Crippen molar-refractivity contribution in [3.63, 3.8) is 0 Å². The van der Waals surface area contributed by atoms with Crippen LogP contribution in [-0.2, 0) is 8.85 Å². The van der Waals surface area contributed by atoms with Crippen molar-refractivity contribution in [1.82, 2.24) is 15.0 Å². The number of nitrogens with zero attached hydrogens (tertiary/aromatic N) is 3. The Balaban J connectivity index is 1.63. The smallest absolute Gasteiger partial charge is 0.208 e. The molecule has 4 atom stereocenters. The van der Waals surface area contributed by atoms with Crippen LogP contribution in [0.5, 0.6) is 0 Å². The van der Waals surface area contributed by atoms with E-state index in [1.165, 1.54) is 17.7 Å². The second kappa shape index (κ2) is 17.4. The number of hydrogen-bond donors (Lipinski definition) is 2. The van der Waals surface area contributed by atoms with Crippen molar-refractivity contribution >= 4 is 51.2 Å². The molecule has 0 bridgehead atoms. The van der Waals surface area contributed by atoms with Gasteiger partial charge in [-0.3, -0.25) is 4.79 Å². The molecule has 1 aliphatic rings. The van der Waals surface area contributed by atoms with Crippen LogP contribution in [0.3, 0.4) is 0 Å². The maximum Gasteiger partial charge on any atom is 0.208 e. The fourth-order valence-corrected chi connectivity index (χ4v) is 21.4. The van der Waals surface area contributed by atoms with Crippen LogP contribution in [0.1, 0.15) is 129 Å². The largest absolute Gasteiger partial charge is 0.413 e. The molecule has 0 aliphatic heterocycles.